The number of hydrogen-bond acceptors (Lipinski definition) is 4. The molecule has 2 aliphatic rings. The number of nitrogens with zero attached hydrogens (tertiary/aromatic N) is 4. The van der Waals surface area contributed by atoms with E-state index in [4.69, 9.17) is 0 Å². The quantitative estimate of drug-likeness (QED) is 0.677. The third kappa shape index (κ3) is 6.14. The van der Waals surface area contributed by atoms with Gasteiger partial charge in [0.25, 0.3) is 0 Å². The fraction of sp³-hybridized carbons (Fsp3) is 1.00. The molecule has 0 amide bonds. The summed E-state index contributed by atoms with van der Waals surface area (Å²) in [6.07, 6.45) is 2.67. The van der Waals surface area contributed by atoms with Crippen LogP contribution in [0.4, 0.5) is 0 Å². The molecule has 2 heterocycles. The smallest absolute Gasteiger partial charge is 0.0113 e. The first-order valence-corrected chi connectivity index (χ1v) is 7.21. The summed E-state index contributed by atoms with van der Waals surface area (Å²) in [6, 6.07) is 0.830. The molecule has 2 saturated heterocycles. The Balaban J connectivity index is 0.000000184. The highest BCUT2D eigenvalue weighted by Gasteiger charge is 2.17. The number of piperidine rings is 1. The highest BCUT2D eigenvalue weighted by Crippen LogP contribution is 2.11. The molecular weight excluding hydrogens is 224 g/mol. The first-order valence-electron chi connectivity index (χ1n) is 7.21. The van der Waals surface area contributed by atoms with Crippen LogP contribution < -0.4 is 0 Å². The Bertz CT molecular complexity index is 194. The molecule has 0 spiro atoms. The second-order valence-electron chi connectivity index (χ2n) is 6.10. The van der Waals surface area contributed by atoms with Crippen LogP contribution in [0.3, 0.4) is 0 Å². The molecule has 0 atom stereocenters. The van der Waals surface area contributed by atoms with Gasteiger partial charge >= 0.3 is 0 Å². The Morgan fingerprint density at radius 3 is 1.33 bits per heavy atom. The van der Waals surface area contributed by atoms with Crippen LogP contribution in [0.5, 0.6) is 0 Å². The Morgan fingerprint density at radius 1 is 0.667 bits per heavy atom. The molecule has 2 fully saturated rings. The Kier molecular flexibility index (Phi) is 7.15. The van der Waals surface area contributed by atoms with E-state index in [1.165, 1.54) is 52.1 Å². The van der Waals surface area contributed by atoms with Crippen LogP contribution in [0.25, 0.3) is 0 Å². The van der Waals surface area contributed by atoms with Crippen molar-refractivity contribution in [2.75, 3.05) is 74.5 Å². The first-order chi connectivity index (χ1) is 8.49. The minimum absolute atomic E-state index is 0.830. The van der Waals surface area contributed by atoms with Crippen molar-refractivity contribution < 1.29 is 0 Å². The van der Waals surface area contributed by atoms with Crippen LogP contribution in [-0.4, -0.2) is 100 Å². The molecule has 0 bridgehead atoms. The van der Waals surface area contributed by atoms with Gasteiger partial charge in [0.2, 0.25) is 0 Å². The lowest BCUT2D eigenvalue weighted by Gasteiger charge is -2.32. The normalized spacial score (nSPS) is 25.0. The van der Waals surface area contributed by atoms with E-state index in [1.54, 1.807) is 0 Å². The van der Waals surface area contributed by atoms with Crippen LogP contribution in [0.2, 0.25) is 0 Å². The largest absolute Gasteiger partial charge is 0.306 e. The number of likely N-dealkylation sites (N-methyl/N-ethyl adjacent to an activating group) is 2. The van der Waals surface area contributed by atoms with Crippen LogP contribution in [0, 0.1) is 0 Å². The first kappa shape index (κ1) is 15.9. The van der Waals surface area contributed by atoms with Crippen molar-refractivity contribution in [2.24, 2.45) is 0 Å². The highest BCUT2D eigenvalue weighted by molar-refractivity contribution is 4.74. The molecule has 4 heteroatoms. The number of hydrogen-bond donors (Lipinski definition) is 0. The fourth-order valence-corrected chi connectivity index (χ4v) is 2.42. The number of rotatable bonds is 1. The number of likely N-dealkylation sites (tertiary alicyclic amines) is 1. The SMILES string of the molecule is CN1CCC(N(C)C)CC1.CN1CCN(C)CC1. The van der Waals surface area contributed by atoms with E-state index in [9.17, 15) is 0 Å². The van der Waals surface area contributed by atoms with Crippen molar-refractivity contribution in [3.8, 4) is 0 Å². The van der Waals surface area contributed by atoms with E-state index in [0.717, 1.165) is 6.04 Å². The van der Waals surface area contributed by atoms with Crippen molar-refractivity contribution >= 4 is 0 Å². The van der Waals surface area contributed by atoms with Gasteiger partial charge in [-0.1, -0.05) is 0 Å². The summed E-state index contributed by atoms with van der Waals surface area (Å²) in [5.74, 6) is 0. The zero-order chi connectivity index (χ0) is 13.5. The van der Waals surface area contributed by atoms with E-state index >= 15 is 0 Å². The lowest BCUT2D eigenvalue weighted by atomic mass is 10.1. The van der Waals surface area contributed by atoms with E-state index in [-0.39, 0.29) is 0 Å². The van der Waals surface area contributed by atoms with Crippen LogP contribution >= 0.6 is 0 Å². The van der Waals surface area contributed by atoms with Gasteiger partial charge in [0.1, 0.15) is 0 Å². The third-order valence-corrected chi connectivity index (χ3v) is 4.15. The second-order valence-corrected chi connectivity index (χ2v) is 6.10. The predicted molar refractivity (Wildman–Crippen MR) is 79.2 cm³/mol. The van der Waals surface area contributed by atoms with E-state index < -0.39 is 0 Å². The molecule has 0 unspecified atom stereocenters. The standard InChI is InChI=1S/C8H18N2.C6H14N2/c1-9(2)8-4-6-10(3)7-5-8;1-7-3-5-8(2)6-4-7/h8H,4-7H2,1-3H3;3-6H2,1-2H3. The van der Waals surface area contributed by atoms with Crippen molar-refractivity contribution in [2.45, 2.75) is 18.9 Å². The van der Waals surface area contributed by atoms with Gasteiger partial charge in [-0.3, -0.25) is 0 Å². The molecule has 0 aromatic heterocycles. The van der Waals surface area contributed by atoms with E-state index in [1.807, 2.05) is 0 Å². The molecule has 18 heavy (non-hydrogen) atoms. The van der Waals surface area contributed by atoms with Crippen molar-refractivity contribution in [1.82, 2.24) is 19.6 Å². The Hall–Kier alpha value is -0.160. The summed E-state index contributed by atoms with van der Waals surface area (Å²) in [4.78, 5) is 9.47. The molecule has 4 nitrogen and oxygen atoms in total. The summed E-state index contributed by atoms with van der Waals surface area (Å²) in [5.41, 5.74) is 0. The summed E-state index contributed by atoms with van der Waals surface area (Å²) in [6.45, 7) is 7.46. The van der Waals surface area contributed by atoms with Crippen LogP contribution in [-0.2, 0) is 0 Å². The predicted octanol–water partition coefficient (Wildman–Crippen LogP) is 0.506. The number of piperazine rings is 1. The van der Waals surface area contributed by atoms with Gasteiger partial charge in [-0.2, -0.15) is 0 Å². The molecular formula is C14H32N4. The summed E-state index contributed by atoms with van der Waals surface area (Å²) < 4.78 is 0. The topological polar surface area (TPSA) is 13.0 Å². The van der Waals surface area contributed by atoms with Crippen LogP contribution in [0.15, 0.2) is 0 Å². The van der Waals surface area contributed by atoms with Crippen LogP contribution in [0.1, 0.15) is 12.8 Å². The molecule has 0 saturated carbocycles. The van der Waals surface area contributed by atoms with Gasteiger partial charge in [-0.25, -0.2) is 0 Å². The van der Waals surface area contributed by atoms with E-state index in [0.29, 0.717) is 0 Å². The average molecular weight is 256 g/mol. The van der Waals surface area contributed by atoms with Gasteiger partial charge in [-0.15, -0.1) is 0 Å². The molecule has 2 aliphatic heterocycles. The van der Waals surface area contributed by atoms with Crippen molar-refractivity contribution in [3.63, 3.8) is 0 Å². The zero-order valence-electron chi connectivity index (χ0n) is 13.0. The lowest BCUT2D eigenvalue weighted by Crippen LogP contribution is -2.42. The molecule has 0 radical (unpaired) electrons. The van der Waals surface area contributed by atoms with Gasteiger partial charge in [0.15, 0.2) is 0 Å². The maximum absolute atomic E-state index is 2.40. The molecule has 108 valence electrons. The highest BCUT2D eigenvalue weighted by atomic mass is 15.2. The Labute approximate surface area is 114 Å². The summed E-state index contributed by atoms with van der Waals surface area (Å²) in [7, 11) is 10.9. The van der Waals surface area contributed by atoms with Gasteiger partial charge in [0, 0.05) is 32.2 Å². The van der Waals surface area contributed by atoms with E-state index in [2.05, 4.69) is 54.8 Å². The van der Waals surface area contributed by atoms with Crippen molar-refractivity contribution in [3.05, 3.63) is 0 Å². The maximum atomic E-state index is 2.40. The minimum Gasteiger partial charge on any atom is -0.306 e. The molecule has 0 N–H and O–H groups in total. The summed E-state index contributed by atoms with van der Waals surface area (Å²) in [5, 5.41) is 0. The maximum Gasteiger partial charge on any atom is 0.0113 e. The fourth-order valence-electron chi connectivity index (χ4n) is 2.42. The molecule has 0 aliphatic carbocycles. The minimum atomic E-state index is 0.830. The summed E-state index contributed by atoms with van der Waals surface area (Å²) >= 11 is 0. The second kappa shape index (κ2) is 8.10. The van der Waals surface area contributed by atoms with Gasteiger partial charge in [-0.05, 0) is 61.2 Å². The molecule has 0 aromatic carbocycles. The Morgan fingerprint density at radius 2 is 1.00 bits per heavy atom. The average Bonchev–Trinajstić information content (AvgIpc) is 2.34. The van der Waals surface area contributed by atoms with Gasteiger partial charge < -0.3 is 19.6 Å². The van der Waals surface area contributed by atoms with Gasteiger partial charge in [0.05, 0.1) is 0 Å². The molecule has 0 aromatic rings. The lowest BCUT2D eigenvalue weighted by molar-refractivity contribution is 0.166. The third-order valence-electron chi connectivity index (χ3n) is 4.15. The molecule has 2 rings (SSSR count). The zero-order valence-corrected chi connectivity index (χ0v) is 13.0. The monoisotopic (exact) mass is 256 g/mol. The van der Waals surface area contributed by atoms with Crippen molar-refractivity contribution in [1.29, 1.82) is 0 Å².